The molecule has 0 bridgehead atoms. The molecule has 0 amide bonds. The van der Waals surface area contributed by atoms with E-state index >= 15 is 0 Å². The zero-order chi connectivity index (χ0) is 12.3. The van der Waals surface area contributed by atoms with Crippen molar-refractivity contribution in [2.45, 2.75) is 52.6 Å². The lowest BCUT2D eigenvalue weighted by Gasteiger charge is -2.14. The predicted molar refractivity (Wildman–Crippen MR) is 74.0 cm³/mol. The molecule has 0 saturated heterocycles. The Labute approximate surface area is 106 Å². The fourth-order valence-corrected chi connectivity index (χ4v) is 2.01. The van der Waals surface area contributed by atoms with Gasteiger partial charge in [-0.3, -0.25) is 0 Å². The van der Waals surface area contributed by atoms with Crippen molar-refractivity contribution < 1.29 is 4.74 Å². The van der Waals surface area contributed by atoms with Crippen LogP contribution in [-0.4, -0.2) is 6.61 Å². The maximum atomic E-state index is 5.80. The summed E-state index contributed by atoms with van der Waals surface area (Å²) < 4.78 is 5.80. The lowest BCUT2D eigenvalue weighted by atomic mass is 10.00. The maximum Gasteiger partial charge on any atom is 0.0717 e. The van der Waals surface area contributed by atoms with Gasteiger partial charge in [0.05, 0.1) is 6.61 Å². The quantitative estimate of drug-likeness (QED) is 0.557. The standard InChI is InChI=1S/C16H26O/c1-3-5-7-10-15(4-2)13-17-14-16-11-8-6-9-12-16/h6,8-9,11-12,15H,3-5,7,10,13-14H2,1-2H3. The SMILES string of the molecule is CCCCCC(CC)COCc1ccccc1. The number of rotatable bonds is 9. The van der Waals surface area contributed by atoms with Crippen LogP contribution in [0.4, 0.5) is 0 Å². The van der Waals surface area contributed by atoms with Gasteiger partial charge in [0.15, 0.2) is 0 Å². The van der Waals surface area contributed by atoms with Crippen molar-refractivity contribution in [2.75, 3.05) is 6.61 Å². The summed E-state index contributed by atoms with van der Waals surface area (Å²) in [6.45, 7) is 6.19. The second kappa shape index (κ2) is 9.23. The van der Waals surface area contributed by atoms with Crippen molar-refractivity contribution in [3.63, 3.8) is 0 Å². The summed E-state index contributed by atoms with van der Waals surface area (Å²) >= 11 is 0. The third-order valence-corrected chi connectivity index (χ3v) is 3.26. The smallest absolute Gasteiger partial charge is 0.0717 e. The summed E-state index contributed by atoms with van der Waals surface area (Å²) in [4.78, 5) is 0. The monoisotopic (exact) mass is 234 g/mol. The van der Waals surface area contributed by atoms with Crippen LogP contribution in [0.3, 0.4) is 0 Å². The molecule has 0 radical (unpaired) electrons. The lowest BCUT2D eigenvalue weighted by molar-refractivity contribution is 0.0818. The van der Waals surface area contributed by atoms with Gasteiger partial charge in [0, 0.05) is 6.61 Å². The third-order valence-electron chi connectivity index (χ3n) is 3.26. The first-order chi connectivity index (χ1) is 8.36. The highest BCUT2D eigenvalue weighted by Crippen LogP contribution is 2.14. The van der Waals surface area contributed by atoms with Crippen LogP contribution in [0, 0.1) is 5.92 Å². The van der Waals surface area contributed by atoms with Gasteiger partial charge in [0.25, 0.3) is 0 Å². The largest absolute Gasteiger partial charge is 0.376 e. The molecule has 0 aromatic heterocycles. The van der Waals surface area contributed by atoms with Gasteiger partial charge in [0.2, 0.25) is 0 Å². The Bertz CT molecular complexity index is 268. The van der Waals surface area contributed by atoms with Crippen LogP contribution in [0.2, 0.25) is 0 Å². The van der Waals surface area contributed by atoms with Crippen molar-refractivity contribution in [2.24, 2.45) is 5.92 Å². The molecule has 1 nitrogen and oxygen atoms in total. The average molecular weight is 234 g/mol. The molecule has 96 valence electrons. The van der Waals surface area contributed by atoms with Crippen LogP contribution in [0.15, 0.2) is 30.3 Å². The normalized spacial score (nSPS) is 12.6. The lowest BCUT2D eigenvalue weighted by Crippen LogP contribution is -2.08. The van der Waals surface area contributed by atoms with E-state index in [9.17, 15) is 0 Å². The molecule has 1 rings (SSSR count). The number of hydrogen-bond acceptors (Lipinski definition) is 1. The summed E-state index contributed by atoms with van der Waals surface area (Å²) in [6.07, 6.45) is 6.57. The van der Waals surface area contributed by atoms with Crippen LogP contribution in [0.25, 0.3) is 0 Å². The van der Waals surface area contributed by atoms with Crippen LogP contribution < -0.4 is 0 Å². The van der Waals surface area contributed by atoms with E-state index in [1.54, 1.807) is 0 Å². The number of unbranched alkanes of at least 4 members (excludes halogenated alkanes) is 2. The van der Waals surface area contributed by atoms with Crippen LogP contribution >= 0.6 is 0 Å². The van der Waals surface area contributed by atoms with Crippen molar-refractivity contribution >= 4 is 0 Å². The van der Waals surface area contributed by atoms with Crippen LogP contribution in [0.1, 0.15) is 51.5 Å². The van der Waals surface area contributed by atoms with Gasteiger partial charge in [-0.15, -0.1) is 0 Å². The van der Waals surface area contributed by atoms with Gasteiger partial charge in [-0.25, -0.2) is 0 Å². The van der Waals surface area contributed by atoms with Crippen LogP contribution in [0.5, 0.6) is 0 Å². The average Bonchev–Trinajstić information content (AvgIpc) is 2.38. The molecule has 0 aliphatic rings. The molecule has 1 aromatic rings. The van der Waals surface area contributed by atoms with Gasteiger partial charge in [-0.05, 0) is 17.9 Å². The van der Waals surface area contributed by atoms with E-state index in [2.05, 4.69) is 38.1 Å². The van der Waals surface area contributed by atoms with Gasteiger partial charge in [0.1, 0.15) is 0 Å². The Morgan fingerprint density at radius 3 is 2.47 bits per heavy atom. The summed E-state index contributed by atoms with van der Waals surface area (Å²) in [5, 5.41) is 0. The van der Waals surface area contributed by atoms with Gasteiger partial charge in [-0.2, -0.15) is 0 Å². The highest BCUT2D eigenvalue weighted by Gasteiger charge is 2.06. The minimum atomic E-state index is 0.741. The first-order valence-corrected chi connectivity index (χ1v) is 6.98. The molecule has 0 N–H and O–H groups in total. The summed E-state index contributed by atoms with van der Waals surface area (Å²) in [6, 6.07) is 10.4. The maximum absolute atomic E-state index is 5.80. The van der Waals surface area contributed by atoms with E-state index in [0.29, 0.717) is 0 Å². The highest BCUT2D eigenvalue weighted by atomic mass is 16.5. The summed E-state index contributed by atoms with van der Waals surface area (Å²) in [5.74, 6) is 0.741. The van der Waals surface area contributed by atoms with Gasteiger partial charge < -0.3 is 4.74 Å². The Hall–Kier alpha value is -0.820. The molecule has 17 heavy (non-hydrogen) atoms. The van der Waals surface area contributed by atoms with Crippen molar-refractivity contribution in [3.05, 3.63) is 35.9 Å². The molecule has 0 fully saturated rings. The third kappa shape index (κ3) is 6.48. The van der Waals surface area contributed by atoms with Gasteiger partial charge in [-0.1, -0.05) is 69.9 Å². The molecule has 0 aliphatic carbocycles. The molecule has 1 unspecified atom stereocenters. The second-order valence-corrected chi connectivity index (χ2v) is 4.77. The number of ether oxygens (including phenoxy) is 1. The van der Waals surface area contributed by atoms with E-state index in [-0.39, 0.29) is 0 Å². The Kier molecular flexibility index (Phi) is 7.74. The first-order valence-electron chi connectivity index (χ1n) is 6.98. The van der Waals surface area contributed by atoms with E-state index in [0.717, 1.165) is 19.1 Å². The van der Waals surface area contributed by atoms with Crippen molar-refractivity contribution in [1.82, 2.24) is 0 Å². The van der Waals surface area contributed by atoms with E-state index in [1.807, 2.05) is 6.07 Å². The minimum Gasteiger partial charge on any atom is -0.376 e. The minimum absolute atomic E-state index is 0.741. The van der Waals surface area contributed by atoms with Crippen molar-refractivity contribution in [3.8, 4) is 0 Å². The molecule has 1 aromatic carbocycles. The molecular formula is C16H26O. The molecular weight excluding hydrogens is 208 g/mol. The predicted octanol–water partition coefficient (Wildman–Crippen LogP) is 4.81. The number of hydrogen-bond donors (Lipinski definition) is 0. The summed E-state index contributed by atoms with van der Waals surface area (Å²) in [5.41, 5.74) is 1.27. The second-order valence-electron chi connectivity index (χ2n) is 4.77. The first kappa shape index (κ1) is 14.2. The van der Waals surface area contributed by atoms with Gasteiger partial charge >= 0.3 is 0 Å². The fraction of sp³-hybridized carbons (Fsp3) is 0.625. The zero-order valence-corrected chi connectivity index (χ0v) is 11.3. The molecule has 0 saturated carbocycles. The molecule has 1 heteroatoms. The van der Waals surface area contributed by atoms with Crippen molar-refractivity contribution in [1.29, 1.82) is 0 Å². The fourth-order valence-electron chi connectivity index (χ4n) is 2.01. The van der Waals surface area contributed by atoms with E-state index in [1.165, 1.54) is 37.7 Å². The molecule has 1 atom stereocenters. The molecule has 0 heterocycles. The molecule has 0 aliphatic heterocycles. The molecule has 0 spiro atoms. The summed E-state index contributed by atoms with van der Waals surface area (Å²) in [7, 11) is 0. The van der Waals surface area contributed by atoms with E-state index < -0.39 is 0 Å². The number of benzene rings is 1. The zero-order valence-electron chi connectivity index (χ0n) is 11.3. The van der Waals surface area contributed by atoms with Crippen LogP contribution in [-0.2, 0) is 11.3 Å². The Morgan fingerprint density at radius 2 is 1.82 bits per heavy atom. The topological polar surface area (TPSA) is 9.23 Å². The van der Waals surface area contributed by atoms with E-state index in [4.69, 9.17) is 4.74 Å². The highest BCUT2D eigenvalue weighted by molar-refractivity contribution is 5.13. The Morgan fingerprint density at radius 1 is 1.06 bits per heavy atom. The Balaban J connectivity index is 2.15.